The summed E-state index contributed by atoms with van der Waals surface area (Å²) in [6, 6.07) is 7.13. The first kappa shape index (κ1) is 21.3. The zero-order valence-electron chi connectivity index (χ0n) is 16.5. The normalized spacial score (nSPS) is 19.9. The molecule has 0 saturated carbocycles. The summed E-state index contributed by atoms with van der Waals surface area (Å²) < 4.78 is 0. The third-order valence-electron chi connectivity index (χ3n) is 5.19. The highest BCUT2D eigenvalue weighted by atomic mass is 35.5. The number of halogens is 2. The number of amidine groups is 1. The predicted molar refractivity (Wildman–Crippen MR) is 120 cm³/mol. The Morgan fingerprint density at radius 3 is 2.69 bits per heavy atom. The van der Waals surface area contributed by atoms with Gasteiger partial charge in [0, 0.05) is 47.6 Å². The van der Waals surface area contributed by atoms with Gasteiger partial charge in [-0.1, -0.05) is 23.2 Å². The number of hydrogen-bond donors (Lipinski definition) is 4. The molecule has 2 heterocycles. The van der Waals surface area contributed by atoms with Gasteiger partial charge in [-0.15, -0.1) is 0 Å². The highest BCUT2D eigenvalue weighted by Crippen LogP contribution is 2.23. The van der Waals surface area contributed by atoms with Crippen LogP contribution in [0.15, 0.2) is 35.5 Å². The molecule has 5 N–H and O–H groups in total. The molecule has 1 aromatic carbocycles. The van der Waals surface area contributed by atoms with E-state index in [4.69, 9.17) is 28.9 Å². The van der Waals surface area contributed by atoms with Crippen molar-refractivity contribution in [2.45, 2.75) is 31.8 Å². The maximum Gasteiger partial charge on any atom is 0.242 e. The van der Waals surface area contributed by atoms with Gasteiger partial charge in [-0.25, -0.2) is 0 Å². The van der Waals surface area contributed by atoms with Crippen LogP contribution in [0.3, 0.4) is 0 Å². The summed E-state index contributed by atoms with van der Waals surface area (Å²) in [6.07, 6.45) is 3.65. The van der Waals surface area contributed by atoms with E-state index in [2.05, 4.69) is 27.5 Å². The number of aliphatic imine (C=N–C) groups is 1. The van der Waals surface area contributed by atoms with E-state index in [0.29, 0.717) is 15.9 Å². The minimum Gasteiger partial charge on any atom is -0.385 e. The van der Waals surface area contributed by atoms with Gasteiger partial charge in [0.05, 0.1) is 12.1 Å². The maximum atomic E-state index is 12.8. The molecule has 7 nitrogen and oxygen atoms in total. The van der Waals surface area contributed by atoms with Crippen molar-refractivity contribution in [2.24, 2.45) is 4.99 Å². The van der Waals surface area contributed by atoms with E-state index in [1.807, 2.05) is 11.0 Å². The van der Waals surface area contributed by atoms with E-state index in [9.17, 15) is 4.79 Å². The second kappa shape index (κ2) is 9.41. The molecule has 1 saturated heterocycles. The van der Waals surface area contributed by atoms with Crippen LogP contribution < -0.4 is 16.4 Å². The fourth-order valence-corrected chi connectivity index (χ4v) is 4.18. The first-order chi connectivity index (χ1) is 13.9. The van der Waals surface area contributed by atoms with Crippen molar-refractivity contribution in [3.63, 3.8) is 0 Å². The van der Waals surface area contributed by atoms with Gasteiger partial charge in [0.15, 0.2) is 0 Å². The number of carbonyl (C=O) groups excluding carboxylic acids is 1. The Hall–Kier alpha value is -2.38. The van der Waals surface area contributed by atoms with Crippen molar-refractivity contribution in [2.75, 3.05) is 31.2 Å². The Labute approximate surface area is 180 Å². The summed E-state index contributed by atoms with van der Waals surface area (Å²) in [7, 11) is 1.73. The summed E-state index contributed by atoms with van der Waals surface area (Å²) in [5.41, 5.74) is 7.54. The largest absolute Gasteiger partial charge is 0.385 e. The number of nitrogen functional groups attached to an aromatic ring is 1. The van der Waals surface area contributed by atoms with Gasteiger partial charge >= 0.3 is 0 Å². The molecule has 1 aliphatic rings. The number of rotatable bonds is 5. The number of aromatic amines is 1. The van der Waals surface area contributed by atoms with Gasteiger partial charge < -0.3 is 26.3 Å². The molecule has 29 heavy (non-hydrogen) atoms. The number of H-pyrrole nitrogens is 1. The van der Waals surface area contributed by atoms with E-state index < -0.39 is 0 Å². The van der Waals surface area contributed by atoms with Crippen molar-refractivity contribution in [1.82, 2.24) is 15.2 Å². The number of benzene rings is 1. The molecule has 0 bridgehead atoms. The Morgan fingerprint density at radius 2 is 2.07 bits per heavy atom. The lowest BCUT2D eigenvalue weighted by Crippen LogP contribution is -2.56. The van der Waals surface area contributed by atoms with Gasteiger partial charge in [0.1, 0.15) is 11.7 Å². The third kappa shape index (κ3) is 5.16. The molecule has 1 fully saturated rings. The average molecular weight is 437 g/mol. The zero-order valence-corrected chi connectivity index (χ0v) is 18.0. The summed E-state index contributed by atoms with van der Waals surface area (Å²) >= 11 is 12.0. The number of amides is 1. The molecule has 0 aliphatic carbocycles. The molecular formula is C20H26Cl2N6O. The van der Waals surface area contributed by atoms with Crippen molar-refractivity contribution in [1.29, 1.82) is 0 Å². The molecule has 2 atom stereocenters. The molecule has 0 spiro atoms. The molecule has 1 amide bonds. The molecule has 3 rings (SSSR count). The summed E-state index contributed by atoms with van der Waals surface area (Å²) in [6.45, 7) is 2.95. The van der Waals surface area contributed by atoms with Crippen LogP contribution in [0.2, 0.25) is 10.0 Å². The van der Waals surface area contributed by atoms with Crippen LogP contribution in [-0.2, 0) is 4.79 Å². The summed E-state index contributed by atoms with van der Waals surface area (Å²) in [5.74, 6) is 1.32. The standard InChI is InChI=1S/C20H26Cl2N6O/c1-12-17(27-20(24-2)16-5-6-25-19(16)23)4-3-7-28(12)18(29)11-26-15-9-13(21)8-14(22)10-15/h5-6,8-10,12,17,25-26H,3-4,7,11,23H2,1-2H3,(H,24,27). The van der Waals surface area contributed by atoms with Gasteiger partial charge in [-0.05, 0) is 44.0 Å². The molecule has 156 valence electrons. The lowest BCUT2D eigenvalue weighted by atomic mass is 9.96. The number of nitrogens with two attached hydrogens (primary N) is 1. The molecular weight excluding hydrogens is 411 g/mol. The van der Waals surface area contributed by atoms with Crippen molar-refractivity contribution in [3.8, 4) is 0 Å². The van der Waals surface area contributed by atoms with Crippen molar-refractivity contribution < 1.29 is 4.79 Å². The highest BCUT2D eigenvalue weighted by molar-refractivity contribution is 6.35. The SMILES string of the molecule is CN=C(NC1CCCN(C(=O)CNc2cc(Cl)cc(Cl)c2)C1C)c1cc[nH]c1N. The minimum absolute atomic E-state index is 0.0120. The number of hydrogen-bond acceptors (Lipinski definition) is 4. The van der Waals surface area contributed by atoms with Gasteiger partial charge in [0.2, 0.25) is 5.91 Å². The van der Waals surface area contributed by atoms with E-state index in [1.165, 1.54) is 0 Å². The van der Waals surface area contributed by atoms with Crippen LogP contribution in [-0.4, -0.2) is 53.8 Å². The number of aromatic nitrogens is 1. The topological polar surface area (TPSA) is 98.5 Å². The number of carbonyl (C=O) groups is 1. The van der Waals surface area contributed by atoms with Gasteiger partial charge in [-0.3, -0.25) is 9.79 Å². The number of likely N-dealkylation sites (tertiary alicyclic amines) is 1. The van der Waals surface area contributed by atoms with Gasteiger partial charge in [0.25, 0.3) is 0 Å². The Kier molecular flexibility index (Phi) is 6.92. The first-order valence-electron chi connectivity index (χ1n) is 9.55. The summed E-state index contributed by atoms with van der Waals surface area (Å²) in [4.78, 5) is 22.1. The van der Waals surface area contributed by atoms with E-state index in [-0.39, 0.29) is 24.5 Å². The molecule has 0 radical (unpaired) electrons. The highest BCUT2D eigenvalue weighted by Gasteiger charge is 2.31. The smallest absolute Gasteiger partial charge is 0.242 e. The third-order valence-corrected chi connectivity index (χ3v) is 5.63. The lowest BCUT2D eigenvalue weighted by molar-refractivity contribution is -0.133. The quantitative estimate of drug-likeness (QED) is 0.426. The van der Waals surface area contributed by atoms with Crippen LogP contribution in [0.4, 0.5) is 11.5 Å². The van der Waals surface area contributed by atoms with Crippen LogP contribution in [0.5, 0.6) is 0 Å². The fourth-order valence-electron chi connectivity index (χ4n) is 3.65. The minimum atomic E-state index is 0.0120. The van der Waals surface area contributed by atoms with Gasteiger partial charge in [-0.2, -0.15) is 0 Å². The zero-order chi connectivity index (χ0) is 21.0. The number of nitrogens with zero attached hydrogens (tertiary/aromatic N) is 2. The maximum absolute atomic E-state index is 12.8. The fraction of sp³-hybridized carbons (Fsp3) is 0.400. The van der Waals surface area contributed by atoms with E-state index in [0.717, 1.165) is 36.5 Å². The van der Waals surface area contributed by atoms with E-state index in [1.54, 1.807) is 31.4 Å². The Bertz CT molecular complexity index is 877. The second-order valence-corrected chi connectivity index (χ2v) is 7.98. The van der Waals surface area contributed by atoms with Crippen LogP contribution in [0.25, 0.3) is 0 Å². The first-order valence-corrected chi connectivity index (χ1v) is 10.3. The predicted octanol–water partition coefficient (Wildman–Crippen LogP) is 3.36. The molecule has 1 aromatic heterocycles. The van der Waals surface area contributed by atoms with Crippen LogP contribution in [0, 0.1) is 0 Å². The van der Waals surface area contributed by atoms with Crippen LogP contribution in [0.1, 0.15) is 25.3 Å². The second-order valence-electron chi connectivity index (χ2n) is 7.11. The number of piperidine rings is 1. The average Bonchev–Trinajstić information content (AvgIpc) is 3.10. The number of anilines is 2. The summed E-state index contributed by atoms with van der Waals surface area (Å²) in [5, 5.41) is 7.64. The van der Waals surface area contributed by atoms with Crippen molar-refractivity contribution >= 4 is 46.4 Å². The number of nitrogens with one attached hydrogen (secondary N) is 3. The van der Waals surface area contributed by atoms with Crippen LogP contribution >= 0.6 is 23.2 Å². The molecule has 9 heteroatoms. The van der Waals surface area contributed by atoms with E-state index >= 15 is 0 Å². The monoisotopic (exact) mass is 436 g/mol. The lowest BCUT2D eigenvalue weighted by Gasteiger charge is -2.40. The molecule has 2 unspecified atom stereocenters. The Balaban J connectivity index is 1.63. The Morgan fingerprint density at radius 1 is 1.34 bits per heavy atom. The molecule has 1 aliphatic heterocycles. The molecule has 2 aromatic rings. The van der Waals surface area contributed by atoms with Crippen molar-refractivity contribution in [3.05, 3.63) is 46.1 Å².